The molecule has 0 aliphatic carbocycles. The van der Waals surface area contributed by atoms with Crippen LogP contribution >= 0.6 is 0 Å². The maximum Gasteiger partial charge on any atom is 0.331 e. The summed E-state index contributed by atoms with van der Waals surface area (Å²) in [6, 6.07) is 7.90. The summed E-state index contributed by atoms with van der Waals surface area (Å²) in [7, 11) is 0. The molecule has 0 saturated carbocycles. The summed E-state index contributed by atoms with van der Waals surface area (Å²) in [4.78, 5) is 16.5. The van der Waals surface area contributed by atoms with Gasteiger partial charge in [0, 0.05) is 30.0 Å². The smallest absolute Gasteiger partial charge is 0.331 e. The minimum atomic E-state index is -1.16. The van der Waals surface area contributed by atoms with E-state index in [-0.39, 0.29) is 6.23 Å². The average Bonchev–Trinajstić information content (AvgIpc) is 3.47. The Morgan fingerprint density at radius 2 is 2.16 bits per heavy atom. The predicted molar refractivity (Wildman–Crippen MR) is 121 cm³/mol. The Bertz CT molecular complexity index is 1320. The molecule has 2 unspecified atom stereocenters. The first-order valence-corrected chi connectivity index (χ1v) is 10.9. The molecule has 0 bridgehead atoms. The molecule has 2 atom stereocenters. The number of benzene rings is 1. The lowest BCUT2D eigenvalue weighted by Crippen LogP contribution is -2.38. The van der Waals surface area contributed by atoms with Crippen molar-refractivity contribution in [1.29, 1.82) is 0 Å². The number of fused-ring (bicyclic) bond motifs is 3. The van der Waals surface area contributed by atoms with Gasteiger partial charge in [-0.25, -0.2) is 14.5 Å². The first-order valence-electron chi connectivity index (χ1n) is 10.9. The standard InChI is InChI=1S/C23H26N6O3/c1-3-23(2,22(30)31)28-13-16-20(27-28)15-8-7-14(12-17(15)26-21(16)24)18-9-10-25-29(18)19-6-4-5-11-32-19/h7-10,12-13,19H,3-6,11H2,1-2H3,(H2,24,26)(H,30,31). The molecule has 166 valence electrons. The van der Waals surface area contributed by atoms with Gasteiger partial charge < -0.3 is 15.6 Å². The molecule has 3 aromatic heterocycles. The number of aliphatic carboxylic acids is 1. The van der Waals surface area contributed by atoms with Crippen molar-refractivity contribution >= 4 is 33.6 Å². The third kappa shape index (κ3) is 3.12. The second kappa shape index (κ2) is 7.59. The van der Waals surface area contributed by atoms with Crippen molar-refractivity contribution in [3.63, 3.8) is 0 Å². The van der Waals surface area contributed by atoms with E-state index in [9.17, 15) is 9.90 Å². The maximum atomic E-state index is 11.9. The molecule has 5 rings (SSSR count). The lowest BCUT2D eigenvalue weighted by Gasteiger charge is -2.24. The highest BCUT2D eigenvalue weighted by Crippen LogP contribution is 2.34. The van der Waals surface area contributed by atoms with Crippen LogP contribution in [0.25, 0.3) is 33.1 Å². The summed E-state index contributed by atoms with van der Waals surface area (Å²) in [5, 5.41) is 20.3. The van der Waals surface area contributed by atoms with Crippen LogP contribution in [0.15, 0.2) is 36.7 Å². The number of rotatable bonds is 5. The first kappa shape index (κ1) is 20.4. The quantitative estimate of drug-likeness (QED) is 0.488. The Kier molecular flexibility index (Phi) is 4.85. The Labute approximate surface area is 184 Å². The lowest BCUT2D eigenvalue weighted by atomic mass is 10.00. The van der Waals surface area contributed by atoms with Gasteiger partial charge in [0.2, 0.25) is 0 Å². The number of nitrogens with two attached hydrogens (primary N) is 1. The third-order valence-corrected chi connectivity index (χ3v) is 6.53. The van der Waals surface area contributed by atoms with Gasteiger partial charge in [-0.2, -0.15) is 10.2 Å². The molecular formula is C23H26N6O3. The van der Waals surface area contributed by atoms with E-state index in [1.807, 2.05) is 35.9 Å². The normalized spacial score (nSPS) is 18.8. The molecule has 1 aliphatic rings. The zero-order valence-electron chi connectivity index (χ0n) is 18.2. The Morgan fingerprint density at radius 3 is 2.88 bits per heavy atom. The van der Waals surface area contributed by atoms with Crippen LogP contribution in [0.4, 0.5) is 5.82 Å². The summed E-state index contributed by atoms with van der Waals surface area (Å²) < 4.78 is 9.33. The SMILES string of the molecule is CCC(C)(C(=O)O)n1cc2c(N)nc3cc(-c4ccnn4C4CCCCO4)ccc3c2n1. The van der Waals surface area contributed by atoms with E-state index in [1.54, 1.807) is 19.3 Å². The van der Waals surface area contributed by atoms with Crippen molar-refractivity contribution in [3.8, 4) is 11.3 Å². The van der Waals surface area contributed by atoms with Gasteiger partial charge in [-0.3, -0.25) is 4.68 Å². The molecule has 0 amide bonds. The lowest BCUT2D eigenvalue weighted by molar-refractivity contribution is -0.147. The number of anilines is 1. The maximum absolute atomic E-state index is 11.9. The summed E-state index contributed by atoms with van der Waals surface area (Å²) in [6.45, 7) is 4.22. The van der Waals surface area contributed by atoms with Crippen molar-refractivity contribution in [3.05, 3.63) is 36.7 Å². The number of nitrogens with zero attached hydrogens (tertiary/aromatic N) is 5. The van der Waals surface area contributed by atoms with Gasteiger partial charge in [0.25, 0.3) is 0 Å². The van der Waals surface area contributed by atoms with Gasteiger partial charge in [-0.15, -0.1) is 0 Å². The third-order valence-electron chi connectivity index (χ3n) is 6.53. The number of hydrogen-bond acceptors (Lipinski definition) is 6. The molecule has 1 aliphatic heterocycles. The second-order valence-corrected chi connectivity index (χ2v) is 8.48. The molecule has 0 radical (unpaired) electrons. The molecule has 1 saturated heterocycles. The Hall–Kier alpha value is -3.46. The van der Waals surface area contributed by atoms with Crippen molar-refractivity contribution in [2.45, 2.75) is 51.3 Å². The van der Waals surface area contributed by atoms with Crippen LogP contribution in [0.5, 0.6) is 0 Å². The molecule has 1 aromatic carbocycles. The van der Waals surface area contributed by atoms with Gasteiger partial charge in [-0.1, -0.05) is 13.0 Å². The van der Waals surface area contributed by atoms with Crippen LogP contribution in [0, 0.1) is 0 Å². The van der Waals surface area contributed by atoms with Gasteiger partial charge in [0.05, 0.1) is 16.6 Å². The molecule has 1 fully saturated rings. The number of carbonyl (C=O) groups is 1. The zero-order chi connectivity index (χ0) is 22.5. The van der Waals surface area contributed by atoms with Gasteiger partial charge in [0.1, 0.15) is 11.3 Å². The van der Waals surface area contributed by atoms with Crippen LogP contribution in [0.2, 0.25) is 0 Å². The van der Waals surface area contributed by atoms with Gasteiger partial charge in [0.15, 0.2) is 11.8 Å². The molecule has 4 aromatic rings. The fourth-order valence-electron chi connectivity index (χ4n) is 4.29. The summed E-state index contributed by atoms with van der Waals surface area (Å²) >= 11 is 0. The summed E-state index contributed by atoms with van der Waals surface area (Å²) in [5.74, 6) is -0.618. The number of pyridine rings is 1. The summed E-state index contributed by atoms with van der Waals surface area (Å²) in [5.41, 5.74) is 8.35. The Balaban J connectivity index is 1.63. The molecule has 3 N–H and O–H groups in total. The van der Waals surface area contributed by atoms with E-state index in [1.165, 1.54) is 4.68 Å². The highest BCUT2D eigenvalue weighted by Gasteiger charge is 2.34. The molecule has 0 spiro atoms. The molecule has 4 heterocycles. The molecular weight excluding hydrogens is 408 g/mol. The number of carboxylic acid groups (broad SMARTS) is 1. The zero-order valence-corrected chi connectivity index (χ0v) is 18.2. The second-order valence-electron chi connectivity index (χ2n) is 8.48. The van der Waals surface area contributed by atoms with E-state index in [2.05, 4.69) is 15.2 Å². The van der Waals surface area contributed by atoms with E-state index < -0.39 is 11.5 Å². The number of nitrogen functional groups attached to an aromatic ring is 1. The average molecular weight is 435 g/mol. The van der Waals surface area contributed by atoms with Crippen LogP contribution in [-0.4, -0.2) is 42.2 Å². The van der Waals surface area contributed by atoms with Crippen LogP contribution in [0.3, 0.4) is 0 Å². The number of hydrogen-bond donors (Lipinski definition) is 2. The fourth-order valence-corrected chi connectivity index (χ4v) is 4.29. The van der Waals surface area contributed by atoms with E-state index in [4.69, 9.17) is 10.5 Å². The van der Waals surface area contributed by atoms with E-state index in [0.29, 0.717) is 28.7 Å². The topological polar surface area (TPSA) is 121 Å². The monoisotopic (exact) mass is 434 g/mol. The van der Waals surface area contributed by atoms with E-state index in [0.717, 1.165) is 42.5 Å². The number of ether oxygens (including phenoxy) is 1. The largest absolute Gasteiger partial charge is 0.479 e. The highest BCUT2D eigenvalue weighted by molar-refractivity contribution is 6.08. The highest BCUT2D eigenvalue weighted by atomic mass is 16.5. The number of aromatic nitrogens is 5. The van der Waals surface area contributed by atoms with Crippen molar-refractivity contribution < 1.29 is 14.6 Å². The van der Waals surface area contributed by atoms with Crippen LogP contribution in [-0.2, 0) is 15.1 Å². The minimum Gasteiger partial charge on any atom is -0.479 e. The van der Waals surface area contributed by atoms with Crippen molar-refractivity contribution in [1.82, 2.24) is 24.5 Å². The van der Waals surface area contributed by atoms with E-state index >= 15 is 0 Å². The molecule has 9 nitrogen and oxygen atoms in total. The van der Waals surface area contributed by atoms with Gasteiger partial charge >= 0.3 is 5.97 Å². The van der Waals surface area contributed by atoms with Crippen LogP contribution < -0.4 is 5.73 Å². The molecule has 9 heteroatoms. The molecule has 32 heavy (non-hydrogen) atoms. The Morgan fingerprint density at radius 1 is 1.31 bits per heavy atom. The first-order chi connectivity index (χ1) is 15.4. The fraction of sp³-hybridized carbons (Fsp3) is 0.391. The summed E-state index contributed by atoms with van der Waals surface area (Å²) in [6.07, 6.45) is 6.91. The minimum absolute atomic E-state index is 0.0663. The van der Waals surface area contributed by atoms with Crippen LogP contribution in [0.1, 0.15) is 45.8 Å². The predicted octanol–water partition coefficient (Wildman–Crippen LogP) is 3.94. The van der Waals surface area contributed by atoms with Gasteiger partial charge in [-0.05, 0) is 50.8 Å². The van der Waals surface area contributed by atoms with Crippen molar-refractivity contribution in [2.75, 3.05) is 12.3 Å². The number of carboxylic acids is 1. The van der Waals surface area contributed by atoms with Crippen molar-refractivity contribution in [2.24, 2.45) is 0 Å².